The molecule has 1 aliphatic rings. The molecule has 0 bridgehead atoms. The highest BCUT2D eigenvalue weighted by Crippen LogP contribution is 2.25. The predicted molar refractivity (Wildman–Crippen MR) is 105 cm³/mol. The lowest BCUT2D eigenvalue weighted by Crippen LogP contribution is -2.51. The number of H-pyrrole nitrogens is 1. The van der Waals surface area contributed by atoms with Crippen LogP contribution in [0.4, 0.5) is 0 Å². The maximum Gasteiger partial charge on any atom is 0.254 e. The fourth-order valence-electron chi connectivity index (χ4n) is 3.29. The zero-order valence-electron chi connectivity index (χ0n) is 14.7. The Bertz CT molecular complexity index is 890. The van der Waals surface area contributed by atoms with E-state index in [0.29, 0.717) is 11.8 Å². The second kappa shape index (κ2) is 7.51. The van der Waals surface area contributed by atoms with Crippen molar-refractivity contribution in [3.05, 3.63) is 59.7 Å². The van der Waals surface area contributed by atoms with Gasteiger partial charge in [0.2, 0.25) is 0 Å². The third-order valence-corrected chi connectivity index (χ3v) is 5.56. The summed E-state index contributed by atoms with van der Waals surface area (Å²) in [5.74, 6) is 0.836. The van der Waals surface area contributed by atoms with E-state index in [1.807, 2.05) is 53.4 Å². The molecule has 2 N–H and O–H groups in total. The van der Waals surface area contributed by atoms with Gasteiger partial charge in [-0.15, -0.1) is 0 Å². The summed E-state index contributed by atoms with van der Waals surface area (Å²) in [6.07, 6.45) is 0. The number of carbonyl (C=O) groups is 1. The molecule has 4 rings (SSSR count). The number of imidazole rings is 1. The van der Waals surface area contributed by atoms with E-state index in [9.17, 15) is 4.79 Å². The highest BCUT2D eigenvalue weighted by atomic mass is 32.2. The molecule has 0 saturated carbocycles. The lowest BCUT2D eigenvalue weighted by molar-refractivity contribution is 0.0708. The SMILES string of the molecule is CC1CN(C(=O)c2ccccc2CSc2nc3ccccc3[nH]2)CCN1. The average Bonchev–Trinajstić information content (AvgIpc) is 3.09. The van der Waals surface area contributed by atoms with Crippen molar-refractivity contribution >= 4 is 28.7 Å². The Balaban J connectivity index is 1.51. The van der Waals surface area contributed by atoms with Gasteiger partial charge in [0.15, 0.2) is 5.16 Å². The van der Waals surface area contributed by atoms with Crippen molar-refractivity contribution in [1.82, 2.24) is 20.2 Å². The summed E-state index contributed by atoms with van der Waals surface area (Å²) >= 11 is 1.63. The Morgan fingerprint density at radius 3 is 2.88 bits per heavy atom. The molecule has 0 spiro atoms. The maximum absolute atomic E-state index is 13.0. The van der Waals surface area contributed by atoms with Crippen molar-refractivity contribution in [2.24, 2.45) is 0 Å². The quantitative estimate of drug-likeness (QED) is 0.696. The molecule has 1 amide bonds. The molecule has 1 aromatic heterocycles. The van der Waals surface area contributed by atoms with E-state index in [-0.39, 0.29) is 5.91 Å². The zero-order chi connectivity index (χ0) is 17.9. The van der Waals surface area contributed by atoms with Gasteiger partial charge in [0.25, 0.3) is 5.91 Å². The van der Waals surface area contributed by atoms with Crippen LogP contribution >= 0.6 is 11.8 Å². The molecular formula is C20H22N4OS. The van der Waals surface area contributed by atoms with Crippen molar-refractivity contribution in [3.63, 3.8) is 0 Å². The second-order valence-corrected chi connectivity index (χ2v) is 7.58. The second-order valence-electron chi connectivity index (χ2n) is 6.61. The number of amides is 1. The van der Waals surface area contributed by atoms with Crippen LogP contribution in [0, 0.1) is 0 Å². The van der Waals surface area contributed by atoms with Crippen LogP contribution in [-0.2, 0) is 5.75 Å². The van der Waals surface area contributed by atoms with Crippen LogP contribution in [0.2, 0.25) is 0 Å². The highest BCUT2D eigenvalue weighted by molar-refractivity contribution is 7.98. The lowest BCUT2D eigenvalue weighted by atomic mass is 10.1. The van der Waals surface area contributed by atoms with Crippen molar-refractivity contribution in [2.75, 3.05) is 19.6 Å². The minimum Gasteiger partial charge on any atom is -0.336 e. The zero-order valence-corrected chi connectivity index (χ0v) is 15.6. The summed E-state index contributed by atoms with van der Waals surface area (Å²) in [5, 5.41) is 4.26. The van der Waals surface area contributed by atoms with Crippen molar-refractivity contribution in [3.8, 4) is 0 Å². The smallest absolute Gasteiger partial charge is 0.254 e. The molecule has 3 aromatic rings. The van der Waals surface area contributed by atoms with E-state index in [1.54, 1.807) is 11.8 Å². The van der Waals surface area contributed by atoms with Crippen molar-refractivity contribution in [1.29, 1.82) is 0 Å². The van der Waals surface area contributed by atoms with Crippen LogP contribution in [0.15, 0.2) is 53.7 Å². The first kappa shape index (κ1) is 17.1. The van der Waals surface area contributed by atoms with Crippen LogP contribution in [0.25, 0.3) is 11.0 Å². The number of fused-ring (bicyclic) bond motifs is 1. The molecule has 0 radical (unpaired) electrons. The minimum atomic E-state index is 0.124. The van der Waals surface area contributed by atoms with Crippen molar-refractivity contribution < 1.29 is 4.79 Å². The monoisotopic (exact) mass is 366 g/mol. The highest BCUT2D eigenvalue weighted by Gasteiger charge is 2.23. The molecule has 1 unspecified atom stereocenters. The van der Waals surface area contributed by atoms with E-state index < -0.39 is 0 Å². The Morgan fingerprint density at radius 1 is 1.23 bits per heavy atom. The van der Waals surface area contributed by atoms with Gasteiger partial charge in [-0.05, 0) is 30.7 Å². The fraction of sp³-hybridized carbons (Fsp3) is 0.300. The van der Waals surface area contributed by atoms with E-state index in [0.717, 1.165) is 47.0 Å². The summed E-state index contributed by atoms with van der Waals surface area (Å²) < 4.78 is 0. The largest absolute Gasteiger partial charge is 0.336 e. The number of hydrogen-bond donors (Lipinski definition) is 2. The summed E-state index contributed by atoms with van der Waals surface area (Å²) in [6, 6.07) is 16.2. The number of aromatic nitrogens is 2. The molecular weight excluding hydrogens is 344 g/mol. The van der Waals surface area contributed by atoms with E-state index >= 15 is 0 Å². The first-order valence-electron chi connectivity index (χ1n) is 8.89. The molecule has 2 heterocycles. The third kappa shape index (κ3) is 3.61. The number of benzene rings is 2. The number of nitrogens with one attached hydrogen (secondary N) is 2. The van der Waals surface area contributed by atoms with Gasteiger partial charge in [-0.2, -0.15) is 0 Å². The maximum atomic E-state index is 13.0. The molecule has 1 atom stereocenters. The summed E-state index contributed by atoms with van der Waals surface area (Å²) in [7, 11) is 0. The summed E-state index contributed by atoms with van der Waals surface area (Å²) in [5.41, 5.74) is 3.85. The minimum absolute atomic E-state index is 0.124. The standard InChI is InChI=1S/C20H22N4OS/c1-14-12-24(11-10-21-14)19(25)16-7-3-2-6-15(16)13-26-20-22-17-8-4-5-9-18(17)23-20/h2-9,14,21H,10-13H2,1H3,(H,22,23). The summed E-state index contributed by atoms with van der Waals surface area (Å²) in [6.45, 7) is 4.48. The summed E-state index contributed by atoms with van der Waals surface area (Å²) in [4.78, 5) is 22.9. The molecule has 1 fully saturated rings. The molecule has 1 saturated heterocycles. The first-order valence-corrected chi connectivity index (χ1v) is 9.87. The molecule has 26 heavy (non-hydrogen) atoms. The molecule has 134 valence electrons. The molecule has 1 aliphatic heterocycles. The topological polar surface area (TPSA) is 61.0 Å². The fourth-order valence-corrected chi connectivity index (χ4v) is 4.17. The van der Waals surface area contributed by atoms with Gasteiger partial charge in [0.1, 0.15) is 0 Å². The predicted octanol–water partition coefficient (Wildman–Crippen LogP) is 3.29. The molecule has 2 aromatic carbocycles. The van der Waals surface area contributed by atoms with E-state index in [2.05, 4.69) is 22.2 Å². The number of nitrogens with zero attached hydrogens (tertiary/aromatic N) is 2. The Labute approximate surface area is 157 Å². The number of piperazine rings is 1. The van der Waals surface area contributed by atoms with Gasteiger partial charge in [0.05, 0.1) is 11.0 Å². The van der Waals surface area contributed by atoms with Gasteiger partial charge in [-0.1, -0.05) is 42.1 Å². The van der Waals surface area contributed by atoms with E-state index in [4.69, 9.17) is 0 Å². The van der Waals surface area contributed by atoms with Gasteiger partial charge in [0, 0.05) is 37.0 Å². The number of rotatable bonds is 4. The molecule has 5 nitrogen and oxygen atoms in total. The van der Waals surface area contributed by atoms with Crippen LogP contribution in [0.3, 0.4) is 0 Å². The van der Waals surface area contributed by atoms with Crippen LogP contribution in [-0.4, -0.2) is 46.5 Å². The van der Waals surface area contributed by atoms with Gasteiger partial charge in [-0.3, -0.25) is 4.79 Å². The van der Waals surface area contributed by atoms with E-state index in [1.165, 1.54) is 0 Å². The Hall–Kier alpha value is -2.31. The number of thioether (sulfide) groups is 1. The van der Waals surface area contributed by atoms with Crippen LogP contribution in [0.1, 0.15) is 22.8 Å². The number of hydrogen-bond acceptors (Lipinski definition) is 4. The van der Waals surface area contributed by atoms with Crippen LogP contribution < -0.4 is 5.32 Å². The Kier molecular flexibility index (Phi) is 4.95. The first-order chi connectivity index (χ1) is 12.7. The number of carbonyl (C=O) groups excluding carboxylic acids is 1. The van der Waals surface area contributed by atoms with Crippen molar-refractivity contribution in [2.45, 2.75) is 23.9 Å². The van der Waals surface area contributed by atoms with Gasteiger partial charge in [-0.25, -0.2) is 4.98 Å². The average molecular weight is 366 g/mol. The number of para-hydroxylation sites is 2. The van der Waals surface area contributed by atoms with Crippen LogP contribution in [0.5, 0.6) is 0 Å². The lowest BCUT2D eigenvalue weighted by Gasteiger charge is -2.32. The Morgan fingerprint density at radius 2 is 2.04 bits per heavy atom. The normalized spacial score (nSPS) is 17.6. The van der Waals surface area contributed by atoms with Gasteiger partial charge < -0.3 is 15.2 Å². The van der Waals surface area contributed by atoms with Gasteiger partial charge >= 0.3 is 0 Å². The molecule has 6 heteroatoms. The molecule has 0 aliphatic carbocycles. The number of aromatic amines is 1. The third-order valence-electron chi connectivity index (χ3n) is 4.64.